The second-order valence-corrected chi connectivity index (χ2v) is 11.1. The Morgan fingerprint density at radius 1 is 1.31 bits per heavy atom. The summed E-state index contributed by atoms with van der Waals surface area (Å²) in [6, 6.07) is 0. The number of ketones is 1. The molecule has 6 nitrogen and oxygen atoms in total. The van der Waals surface area contributed by atoms with Crippen LogP contribution in [0.5, 0.6) is 0 Å². The van der Waals surface area contributed by atoms with Gasteiger partial charge >= 0.3 is 0 Å². The van der Waals surface area contributed by atoms with Crippen LogP contribution in [-0.4, -0.2) is 39.2 Å². The maximum atomic E-state index is 14.1. The molecule has 1 fully saturated rings. The summed E-state index contributed by atoms with van der Waals surface area (Å²) < 4.78 is 0. The third-order valence-corrected chi connectivity index (χ3v) is 8.84. The number of aliphatic hydroxyl groups excluding tert-OH is 3. The van der Waals surface area contributed by atoms with Gasteiger partial charge in [-0.15, -0.1) is 0 Å². The topological polar surface area (TPSA) is 107 Å². The van der Waals surface area contributed by atoms with E-state index >= 15 is 0 Å². The van der Waals surface area contributed by atoms with E-state index in [0.717, 1.165) is 25.7 Å². The lowest BCUT2D eigenvalue weighted by Gasteiger charge is -2.51. The summed E-state index contributed by atoms with van der Waals surface area (Å²) in [6.45, 7) is 13.7. The molecule has 0 saturated heterocycles. The summed E-state index contributed by atoms with van der Waals surface area (Å²) in [6.07, 6.45) is 11.0. The Balaban J connectivity index is 1.96. The van der Waals surface area contributed by atoms with E-state index in [-0.39, 0.29) is 34.9 Å². The minimum absolute atomic E-state index is 0.0236. The minimum Gasteiger partial charge on any atom is -0.505 e. The number of fused-ring (bicyclic) bond motifs is 1. The molecule has 6 heteroatoms. The first-order valence-electron chi connectivity index (χ1n) is 13.3. The van der Waals surface area contributed by atoms with E-state index < -0.39 is 35.1 Å². The van der Waals surface area contributed by atoms with Gasteiger partial charge in [-0.25, -0.2) is 0 Å². The monoisotopic (exact) mass is 497 g/mol. The predicted octanol–water partition coefficient (Wildman–Crippen LogP) is 5.06. The van der Waals surface area contributed by atoms with Gasteiger partial charge in [0.15, 0.2) is 11.5 Å². The molecule has 0 bridgehead atoms. The summed E-state index contributed by atoms with van der Waals surface area (Å²) in [5, 5.41) is 35.1. The fourth-order valence-corrected chi connectivity index (χ4v) is 6.51. The van der Waals surface area contributed by atoms with Gasteiger partial charge in [-0.1, -0.05) is 68.7 Å². The highest BCUT2D eigenvalue weighted by Gasteiger charge is 2.56. The Morgan fingerprint density at radius 3 is 2.58 bits per heavy atom. The molecule has 2 aliphatic carbocycles. The molecule has 0 aromatic carbocycles. The van der Waals surface area contributed by atoms with Crippen LogP contribution in [0.1, 0.15) is 73.1 Å². The molecular formula is C30H43NO5. The number of hydrogen-bond donors (Lipinski definition) is 4. The summed E-state index contributed by atoms with van der Waals surface area (Å²) >= 11 is 0. The van der Waals surface area contributed by atoms with Crippen LogP contribution in [-0.2, 0) is 9.59 Å². The number of nitrogens with one attached hydrogen (secondary N) is 1. The van der Waals surface area contributed by atoms with Crippen LogP contribution in [0.25, 0.3) is 0 Å². The van der Waals surface area contributed by atoms with Gasteiger partial charge in [-0.05, 0) is 64.2 Å². The summed E-state index contributed by atoms with van der Waals surface area (Å²) in [4.78, 5) is 26.7. The molecule has 1 aliphatic heterocycles. The second kappa shape index (κ2) is 11.3. The average molecular weight is 498 g/mol. The molecule has 198 valence electrons. The molecule has 36 heavy (non-hydrogen) atoms. The lowest BCUT2D eigenvalue weighted by molar-refractivity contribution is -0.138. The maximum Gasteiger partial charge on any atom is 0.263 e. The van der Waals surface area contributed by atoms with Crippen LogP contribution >= 0.6 is 0 Å². The zero-order chi connectivity index (χ0) is 26.8. The lowest BCUT2D eigenvalue weighted by atomic mass is 9.52. The Labute approximate surface area is 215 Å². The largest absolute Gasteiger partial charge is 0.505 e. The van der Waals surface area contributed by atoms with Gasteiger partial charge in [-0.2, -0.15) is 0 Å². The van der Waals surface area contributed by atoms with Crippen molar-refractivity contribution in [1.82, 2.24) is 5.32 Å². The van der Waals surface area contributed by atoms with Crippen molar-refractivity contribution in [3.05, 3.63) is 59.1 Å². The minimum atomic E-state index is -1.06. The molecule has 0 radical (unpaired) electrons. The van der Waals surface area contributed by atoms with E-state index in [9.17, 15) is 24.9 Å². The first kappa shape index (κ1) is 28.1. The highest BCUT2D eigenvalue weighted by Crippen LogP contribution is 2.54. The molecule has 0 aromatic heterocycles. The molecule has 3 aliphatic rings. The quantitative estimate of drug-likeness (QED) is 0.202. The lowest BCUT2D eigenvalue weighted by Crippen LogP contribution is -2.53. The molecule has 1 saturated carbocycles. The molecule has 1 amide bonds. The molecule has 0 aromatic rings. The van der Waals surface area contributed by atoms with E-state index in [1.807, 2.05) is 26.0 Å². The van der Waals surface area contributed by atoms with Crippen LogP contribution in [0.15, 0.2) is 59.1 Å². The van der Waals surface area contributed by atoms with Crippen LogP contribution in [0, 0.1) is 29.1 Å². The fraction of sp³-hybridized carbons (Fsp3) is 0.600. The maximum absolute atomic E-state index is 14.1. The fourth-order valence-electron chi connectivity index (χ4n) is 6.51. The van der Waals surface area contributed by atoms with Crippen molar-refractivity contribution in [3.63, 3.8) is 0 Å². The van der Waals surface area contributed by atoms with Gasteiger partial charge in [0.25, 0.3) is 5.91 Å². The van der Waals surface area contributed by atoms with E-state index in [0.29, 0.717) is 12.8 Å². The molecule has 0 spiro atoms. The second-order valence-electron chi connectivity index (χ2n) is 11.1. The normalized spacial score (nSPS) is 32.9. The van der Waals surface area contributed by atoms with E-state index in [4.69, 9.17) is 0 Å². The van der Waals surface area contributed by atoms with Gasteiger partial charge in [-0.3, -0.25) is 9.59 Å². The van der Waals surface area contributed by atoms with Crippen LogP contribution in [0.3, 0.4) is 0 Å². The van der Waals surface area contributed by atoms with Crippen molar-refractivity contribution >= 4 is 11.7 Å². The zero-order valence-electron chi connectivity index (χ0n) is 22.4. The van der Waals surface area contributed by atoms with Gasteiger partial charge in [0, 0.05) is 11.3 Å². The summed E-state index contributed by atoms with van der Waals surface area (Å²) in [7, 11) is 0. The van der Waals surface area contributed by atoms with Crippen molar-refractivity contribution in [2.45, 2.75) is 85.4 Å². The Kier molecular flexibility index (Phi) is 8.84. The summed E-state index contributed by atoms with van der Waals surface area (Å²) in [5.74, 6) is -2.20. The number of carbonyl (C=O) groups excluding carboxylic acids is 2. The summed E-state index contributed by atoms with van der Waals surface area (Å²) in [5.41, 5.74) is 1.08. The van der Waals surface area contributed by atoms with Crippen LogP contribution in [0.2, 0.25) is 0 Å². The number of aliphatic hydroxyl groups is 3. The number of amides is 1. The molecule has 1 heterocycles. The number of rotatable bonds is 9. The highest BCUT2D eigenvalue weighted by molar-refractivity contribution is 6.24. The third kappa shape index (κ3) is 5.30. The van der Waals surface area contributed by atoms with E-state index in [1.54, 1.807) is 0 Å². The van der Waals surface area contributed by atoms with Crippen molar-refractivity contribution in [1.29, 1.82) is 0 Å². The average Bonchev–Trinajstić information content (AvgIpc) is 3.09. The first-order valence-corrected chi connectivity index (χ1v) is 13.3. The SMILES string of the molecule is C=C1NC(=O)C(C(=O)[C@@]2(C)[C@@H]3CCC[C@H](O)C3C=C[C@H]2C[C@@H](O)C(CC)C/C(C)=C/C(C)=C/C)=C1O. The first-order chi connectivity index (χ1) is 16.9. The van der Waals surface area contributed by atoms with Gasteiger partial charge in [0.2, 0.25) is 0 Å². The molecule has 7 atom stereocenters. The standard InChI is InChI=1S/C30H43NO5/c1-7-17(3)14-18(4)15-20(8-2)25(33)16-21-12-13-22-23(10-9-11-24(22)32)30(21,6)28(35)26-27(34)19(5)31-29(26)36/h7,12-14,20-25,32-34H,5,8-11,15-16H2,1-4,6H3,(H,31,36)/b17-7+,18-14+/t20?,21-,22?,23+,24-,25+,30+/m0/s1. The van der Waals surface area contributed by atoms with Crippen LogP contribution < -0.4 is 5.32 Å². The Morgan fingerprint density at radius 2 is 2.00 bits per heavy atom. The highest BCUT2D eigenvalue weighted by atomic mass is 16.3. The van der Waals surface area contributed by atoms with Crippen molar-refractivity contribution in [2.75, 3.05) is 0 Å². The number of Topliss-reactive ketones (excluding diaryl/α,β-unsaturated/α-hetero) is 1. The van der Waals surface area contributed by atoms with E-state index in [1.165, 1.54) is 11.1 Å². The molecule has 2 unspecified atom stereocenters. The van der Waals surface area contributed by atoms with Crippen molar-refractivity contribution in [2.24, 2.45) is 29.1 Å². The van der Waals surface area contributed by atoms with Gasteiger partial charge in [0.1, 0.15) is 5.57 Å². The number of allylic oxidation sites excluding steroid dienone is 5. The molecular weight excluding hydrogens is 454 g/mol. The Hall–Kier alpha value is -2.44. The number of carbonyl (C=O) groups is 2. The van der Waals surface area contributed by atoms with Gasteiger partial charge < -0.3 is 20.6 Å². The van der Waals surface area contributed by atoms with Crippen molar-refractivity contribution < 1.29 is 24.9 Å². The van der Waals surface area contributed by atoms with Gasteiger partial charge in [0.05, 0.1) is 17.9 Å². The molecule has 4 N–H and O–H groups in total. The smallest absolute Gasteiger partial charge is 0.263 e. The third-order valence-electron chi connectivity index (χ3n) is 8.84. The Bertz CT molecular complexity index is 1020. The zero-order valence-corrected chi connectivity index (χ0v) is 22.4. The molecule has 3 rings (SSSR count). The van der Waals surface area contributed by atoms with E-state index in [2.05, 4.69) is 44.8 Å². The predicted molar refractivity (Wildman–Crippen MR) is 142 cm³/mol. The van der Waals surface area contributed by atoms with Crippen LogP contribution in [0.4, 0.5) is 0 Å². The number of hydrogen-bond acceptors (Lipinski definition) is 5. The van der Waals surface area contributed by atoms with Crippen molar-refractivity contribution in [3.8, 4) is 0 Å².